The summed E-state index contributed by atoms with van der Waals surface area (Å²) in [7, 11) is 0. The summed E-state index contributed by atoms with van der Waals surface area (Å²) in [6, 6.07) is 5.93. The third-order valence-corrected chi connectivity index (χ3v) is 3.10. The Hall–Kier alpha value is -2.04. The summed E-state index contributed by atoms with van der Waals surface area (Å²) in [5, 5.41) is 11.1. The number of rotatable bonds is 7. The molecule has 1 rings (SSSR count). The van der Waals surface area contributed by atoms with Crippen LogP contribution in [0.25, 0.3) is 0 Å². The van der Waals surface area contributed by atoms with Crippen molar-refractivity contribution in [3.8, 4) is 5.75 Å². The Labute approximate surface area is 125 Å². The maximum absolute atomic E-state index is 11.9. The summed E-state index contributed by atoms with van der Waals surface area (Å²) in [6.07, 6.45) is -0.766. The van der Waals surface area contributed by atoms with Gasteiger partial charge in [0.15, 0.2) is 6.10 Å². The SMILES string of the molecule is Cc1ccc(C(C)C)c(OC(C)C(=O)NCCC(=O)O)c1. The Morgan fingerprint density at radius 2 is 1.95 bits per heavy atom. The molecular formula is C16H23NO4. The van der Waals surface area contributed by atoms with Gasteiger partial charge in [-0.1, -0.05) is 26.0 Å². The first kappa shape index (κ1) is 17.0. The van der Waals surface area contributed by atoms with Gasteiger partial charge in [-0.05, 0) is 37.0 Å². The fraction of sp³-hybridized carbons (Fsp3) is 0.500. The maximum Gasteiger partial charge on any atom is 0.305 e. The van der Waals surface area contributed by atoms with Crippen molar-refractivity contribution in [2.45, 2.75) is 46.1 Å². The molecule has 1 atom stereocenters. The van der Waals surface area contributed by atoms with Gasteiger partial charge in [0.1, 0.15) is 5.75 Å². The van der Waals surface area contributed by atoms with Crippen LogP contribution in [-0.4, -0.2) is 29.6 Å². The predicted molar refractivity (Wildman–Crippen MR) is 80.6 cm³/mol. The van der Waals surface area contributed by atoms with E-state index in [1.54, 1.807) is 6.92 Å². The van der Waals surface area contributed by atoms with E-state index in [1.165, 1.54) is 0 Å². The van der Waals surface area contributed by atoms with E-state index < -0.39 is 12.1 Å². The highest BCUT2D eigenvalue weighted by Gasteiger charge is 2.17. The van der Waals surface area contributed by atoms with Crippen LogP contribution in [0.2, 0.25) is 0 Å². The monoisotopic (exact) mass is 293 g/mol. The van der Waals surface area contributed by atoms with Gasteiger partial charge >= 0.3 is 5.97 Å². The van der Waals surface area contributed by atoms with Gasteiger partial charge in [0, 0.05) is 6.54 Å². The van der Waals surface area contributed by atoms with Gasteiger partial charge in [0.2, 0.25) is 0 Å². The van der Waals surface area contributed by atoms with E-state index in [4.69, 9.17) is 9.84 Å². The van der Waals surface area contributed by atoms with Crippen molar-refractivity contribution >= 4 is 11.9 Å². The van der Waals surface area contributed by atoms with Crippen molar-refractivity contribution < 1.29 is 19.4 Å². The molecule has 0 spiro atoms. The van der Waals surface area contributed by atoms with Crippen molar-refractivity contribution in [3.63, 3.8) is 0 Å². The molecule has 0 aliphatic heterocycles. The fourth-order valence-corrected chi connectivity index (χ4v) is 1.90. The van der Waals surface area contributed by atoms with E-state index in [2.05, 4.69) is 19.2 Å². The average molecular weight is 293 g/mol. The molecule has 1 aromatic rings. The second kappa shape index (κ2) is 7.67. The number of carboxylic acids is 1. The van der Waals surface area contributed by atoms with Crippen LogP contribution in [0.1, 0.15) is 44.2 Å². The van der Waals surface area contributed by atoms with Crippen LogP contribution in [0.4, 0.5) is 0 Å². The molecule has 1 unspecified atom stereocenters. The predicted octanol–water partition coefficient (Wildman–Crippen LogP) is 2.48. The lowest BCUT2D eigenvalue weighted by atomic mass is 10.0. The zero-order valence-electron chi connectivity index (χ0n) is 13.0. The zero-order valence-corrected chi connectivity index (χ0v) is 13.0. The molecule has 0 heterocycles. The van der Waals surface area contributed by atoms with Gasteiger partial charge in [-0.3, -0.25) is 9.59 Å². The molecular weight excluding hydrogens is 270 g/mol. The second-order valence-electron chi connectivity index (χ2n) is 5.39. The van der Waals surface area contributed by atoms with Crippen LogP contribution < -0.4 is 10.1 Å². The van der Waals surface area contributed by atoms with Crippen molar-refractivity contribution in [1.29, 1.82) is 0 Å². The Bertz CT molecular complexity index is 511. The number of nitrogens with one attached hydrogen (secondary N) is 1. The molecule has 0 radical (unpaired) electrons. The summed E-state index contributed by atoms with van der Waals surface area (Å²) in [6.45, 7) is 7.86. The number of amides is 1. The van der Waals surface area contributed by atoms with E-state index in [0.717, 1.165) is 11.1 Å². The van der Waals surface area contributed by atoms with Crippen LogP contribution in [0.15, 0.2) is 18.2 Å². The number of hydrogen-bond acceptors (Lipinski definition) is 3. The molecule has 2 N–H and O–H groups in total. The Morgan fingerprint density at radius 3 is 2.52 bits per heavy atom. The van der Waals surface area contributed by atoms with Crippen molar-refractivity contribution in [1.82, 2.24) is 5.32 Å². The van der Waals surface area contributed by atoms with Gasteiger partial charge in [0.05, 0.1) is 6.42 Å². The van der Waals surface area contributed by atoms with E-state index in [1.807, 2.05) is 25.1 Å². The second-order valence-corrected chi connectivity index (χ2v) is 5.39. The summed E-state index contributed by atoms with van der Waals surface area (Å²) < 4.78 is 5.75. The average Bonchev–Trinajstić information content (AvgIpc) is 2.37. The molecule has 0 aromatic heterocycles. The Morgan fingerprint density at radius 1 is 1.29 bits per heavy atom. The molecule has 0 fully saturated rings. The molecule has 1 aromatic carbocycles. The summed E-state index contributed by atoms with van der Waals surface area (Å²) in [5.41, 5.74) is 2.11. The van der Waals surface area contributed by atoms with E-state index in [9.17, 15) is 9.59 Å². The Balaban J connectivity index is 2.69. The minimum Gasteiger partial charge on any atom is -0.481 e. The maximum atomic E-state index is 11.9. The number of hydrogen-bond donors (Lipinski definition) is 2. The minimum absolute atomic E-state index is 0.0971. The Kier molecular flexibility index (Phi) is 6.21. The summed E-state index contributed by atoms with van der Waals surface area (Å²) >= 11 is 0. The first-order valence-electron chi connectivity index (χ1n) is 7.08. The van der Waals surface area contributed by atoms with Crippen LogP contribution in [-0.2, 0) is 9.59 Å². The first-order chi connectivity index (χ1) is 9.81. The number of ether oxygens (including phenoxy) is 1. The number of carboxylic acid groups (broad SMARTS) is 1. The molecule has 0 bridgehead atoms. The van der Waals surface area contributed by atoms with Gasteiger partial charge in [-0.2, -0.15) is 0 Å². The highest BCUT2D eigenvalue weighted by Crippen LogP contribution is 2.28. The first-order valence-corrected chi connectivity index (χ1v) is 7.08. The van der Waals surface area contributed by atoms with Crippen molar-refractivity contribution in [2.24, 2.45) is 0 Å². The van der Waals surface area contributed by atoms with Gasteiger partial charge in [-0.25, -0.2) is 0 Å². The summed E-state index contributed by atoms with van der Waals surface area (Å²) in [4.78, 5) is 22.3. The van der Waals surface area contributed by atoms with Gasteiger partial charge in [0.25, 0.3) is 5.91 Å². The molecule has 5 nitrogen and oxygen atoms in total. The van der Waals surface area contributed by atoms with Crippen LogP contribution >= 0.6 is 0 Å². The molecule has 0 saturated heterocycles. The largest absolute Gasteiger partial charge is 0.481 e. The number of carbonyl (C=O) groups is 2. The topological polar surface area (TPSA) is 75.6 Å². The fourth-order valence-electron chi connectivity index (χ4n) is 1.90. The van der Waals surface area contributed by atoms with Gasteiger partial charge < -0.3 is 15.2 Å². The third kappa shape index (κ3) is 5.45. The van der Waals surface area contributed by atoms with E-state index >= 15 is 0 Å². The normalized spacial score (nSPS) is 12.0. The minimum atomic E-state index is -0.940. The molecule has 21 heavy (non-hydrogen) atoms. The quantitative estimate of drug-likeness (QED) is 0.810. The highest BCUT2D eigenvalue weighted by atomic mass is 16.5. The lowest BCUT2D eigenvalue weighted by Gasteiger charge is -2.19. The van der Waals surface area contributed by atoms with E-state index in [0.29, 0.717) is 11.7 Å². The number of aliphatic carboxylic acids is 1. The molecule has 0 aliphatic carbocycles. The smallest absolute Gasteiger partial charge is 0.305 e. The third-order valence-electron chi connectivity index (χ3n) is 3.10. The lowest BCUT2D eigenvalue weighted by Crippen LogP contribution is -2.37. The van der Waals surface area contributed by atoms with Crippen LogP contribution in [0.3, 0.4) is 0 Å². The summed E-state index contributed by atoms with van der Waals surface area (Å²) in [5.74, 6) is -0.258. The number of benzene rings is 1. The number of carbonyl (C=O) groups excluding carboxylic acids is 1. The molecule has 5 heteroatoms. The van der Waals surface area contributed by atoms with Crippen LogP contribution in [0, 0.1) is 6.92 Å². The van der Waals surface area contributed by atoms with Crippen LogP contribution in [0.5, 0.6) is 5.75 Å². The zero-order chi connectivity index (χ0) is 16.0. The van der Waals surface area contributed by atoms with Gasteiger partial charge in [-0.15, -0.1) is 0 Å². The van der Waals surface area contributed by atoms with Crippen molar-refractivity contribution in [2.75, 3.05) is 6.54 Å². The highest BCUT2D eigenvalue weighted by molar-refractivity contribution is 5.81. The molecule has 0 saturated carbocycles. The molecule has 0 aliphatic rings. The lowest BCUT2D eigenvalue weighted by molar-refractivity contribution is -0.137. The standard InChI is InChI=1S/C16H23NO4/c1-10(2)13-6-5-11(3)9-14(13)21-12(4)16(20)17-8-7-15(18)19/h5-6,9-10,12H,7-8H2,1-4H3,(H,17,20)(H,18,19). The molecule has 1 amide bonds. The molecule has 116 valence electrons. The van der Waals surface area contributed by atoms with Crippen molar-refractivity contribution in [3.05, 3.63) is 29.3 Å². The number of aryl methyl sites for hydroxylation is 1. The van der Waals surface area contributed by atoms with E-state index in [-0.39, 0.29) is 18.9 Å².